The van der Waals surface area contributed by atoms with Gasteiger partial charge in [-0.3, -0.25) is 0 Å². The molecule has 14 heavy (non-hydrogen) atoms. The molecule has 1 aromatic rings. The standard InChI is InChI=1S/C10H10F3N/c1-14-6-5-8-3-2-4-9(7-8)10(11,12)13/h2-4,6-7H,5H2,1H3. The molecule has 0 radical (unpaired) electrons. The minimum atomic E-state index is -4.26. The Hall–Kier alpha value is -1.32. The van der Waals surface area contributed by atoms with Gasteiger partial charge in [0.15, 0.2) is 0 Å². The molecular weight excluding hydrogens is 191 g/mol. The van der Waals surface area contributed by atoms with E-state index >= 15 is 0 Å². The van der Waals surface area contributed by atoms with E-state index in [1.165, 1.54) is 6.07 Å². The quantitative estimate of drug-likeness (QED) is 0.652. The number of halogens is 3. The van der Waals surface area contributed by atoms with Crippen LogP contribution in [0.5, 0.6) is 0 Å². The maximum atomic E-state index is 12.3. The zero-order valence-electron chi connectivity index (χ0n) is 7.67. The number of benzene rings is 1. The summed E-state index contributed by atoms with van der Waals surface area (Å²) in [7, 11) is 1.59. The summed E-state index contributed by atoms with van der Waals surface area (Å²) in [6.45, 7) is 0. The van der Waals surface area contributed by atoms with Crippen molar-refractivity contribution >= 4 is 6.21 Å². The summed E-state index contributed by atoms with van der Waals surface area (Å²) < 4.78 is 36.8. The molecule has 4 heteroatoms. The largest absolute Gasteiger partial charge is 0.416 e. The number of rotatable bonds is 2. The second kappa shape index (κ2) is 4.26. The number of hydrogen-bond acceptors (Lipinski definition) is 1. The van der Waals surface area contributed by atoms with Crippen molar-refractivity contribution in [1.29, 1.82) is 0 Å². The Kier molecular flexibility index (Phi) is 3.28. The monoisotopic (exact) mass is 201 g/mol. The minimum Gasteiger partial charge on any atom is -0.301 e. The Morgan fingerprint density at radius 3 is 2.64 bits per heavy atom. The summed E-state index contributed by atoms with van der Waals surface area (Å²) >= 11 is 0. The first-order valence-corrected chi connectivity index (χ1v) is 4.11. The summed E-state index contributed by atoms with van der Waals surface area (Å²) in [5, 5.41) is 0. The van der Waals surface area contributed by atoms with Crippen LogP contribution in [0.3, 0.4) is 0 Å². The molecular formula is C10H10F3N. The second-order valence-corrected chi connectivity index (χ2v) is 2.84. The van der Waals surface area contributed by atoms with Gasteiger partial charge in [-0.15, -0.1) is 0 Å². The molecule has 0 atom stereocenters. The number of nitrogens with zero attached hydrogens (tertiary/aromatic N) is 1. The van der Waals surface area contributed by atoms with Gasteiger partial charge in [0, 0.05) is 19.7 Å². The highest BCUT2D eigenvalue weighted by molar-refractivity contribution is 5.61. The van der Waals surface area contributed by atoms with Crippen molar-refractivity contribution in [2.24, 2.45) is 4.99 Å². The van der Waals surface area contributed by atoms with Crippen LogP contribution in [0.2, 0.25) is 0 Å². The Labute approximate surface area is 80.3 Å². The molecule has 0 aliphatic carbocycles. The summed E-state index contributed by atoms with van der Waals surface area (Å²) in [4.78, 5) is 3.72. The third-order valence-electron chi connectivity index (χ3n) is 1.76. The highest BCUT2D eigenvalue weighted by Gasteiger charge is 2.30. The van der Waals surface area contributed by atoms with Gasteiger partial charge in [0.2, 0.25) is 0 Å². The highest BCUT2D eigenvalue weighted by atomic mass is 19.4. The van der Waals surface area contributed by atoms with E-state index in [0.717, 1.165) is 12.1 Å². The number of hydrogen-bond donors (Lipinski definition) is 0. The van der Waals surface area contributed by atoms with E-state index in [0.29, 0.717) is 12.0 Å². The molecule has 76 valence electrons. The molecule has 0 amide bonds. The topological polar surface area (TPSA) is 12.4 Å². The van der Waals surface area contributed by atoms with Crippen LogP contribution in [-0.2, 0) is 12.6 Å². The molecule has 1 aromatic carbocycles. The van der Waals surface area contributed by atoms with Crippen LogP contribution in [0.15, 0.2) is 29.3 Å². The smallest absolute Gasteiger partial charge is 0.301 e. The zero-order chi connectivity index (χ0) is 10.6. The molecule has 1 rings (SSSR count). The third kappa shape index (κ3) is 2.87. The van der Waals surface area contributed by atoms with Crippen molar-refractivity contribution in [3.8, 4) is 0 Å². The van der Waals surface area contributed by atoms with Gasteiger partial charge in [-0.2, -0.15) is 13.2 Å². The predicted molar refractivity (Wildman–Crippen MR) is 49.6 cm³/mol. The first-order chi connectivity index (χ1) is 6.54. The Bertz CT molecular complexity index is 328. The van der Waals surface area contributed by atoms with Crippen LogP contribution in [0.1, 0.15) is 11.1 Å². The van der Waals surface area contributed by atoms with Crippen LogP contribution in [0.25, 0.3) is 0 Å². The van der Waals surface area contributed by atoms with E-state index < -0.39 is 11.7 Å². The molecule has 0 saturated heterocycles. The van der Waals surface area contributed by atoms with Crippen molar-refractivity contribution in [2.45, 2.75) is 12.6 Å². The number of aliphatic imine (C=N–C) groups is 1. The average Bonchev–Trinajstić information content (AvgIpc) is 2.14. The predicted octanol–water partition coefficient (Wildman–Crippen LogP) is 2.95. The zero-order valence-corrected chi connectivity index (χ0v) is 7.67. The lowest BCUT2D eigenvalue weighted by Crippen LogP contribution is -2.05. The molecule has 0 aromatic heterocycles. The van der Waals surface area contributed by atoms with E-state index in [9.17, 15) is 13.2 Å². The Morgan fingerprint density at radius 1 is 1.36 bits per heavy atom. The maximum absolute atomic E-state index is 12.3. The van der Waals surface area contributed by atoms with Crippen molar-refractivity contribution in [3.05, 3.63) is 35.4 Å². The lowest BCUT2D eigenvalue weighted by atomic mass is 10.1. The van der Waals surface area contributed by atoms with Gasteiger partial charge in [-0.25, -0.2) is 0 Å². The molecule has 0 unspecified atom stereocenters. The fourth-order valence-electron chi connectivity index (χ4n) is 1.07. The van der Waals surface area contributed by atoms with Gasteiger partial charge < -0.3 is 4.99 Å². The van der Waals surface area contributed by atoms with Crippen LogP contribution in [0.4, 0.5) is 13.2 Å². The highest BCUT2D eigenvalue weighted by Crippen LogP contribution is 2.29. The lowest BCUT2D eigenvalue weighted by molar-refractivity contribution is -0.137. The summed E-state index contributed by atoms with van der Waals surface area (Å²) in [5.74, 6) is 0. The van der Waals surface area contributed by atoms with E-state index in [2.05, 4.69) is 4.99 Å². The molecule has 0 spiro atoms. The molecule has 0 saturated carbocycles. The fraction of sp³-hybridized carbons (Fsp3) is 0.300. The Balaban J connectivity index is 2.90. The molecule has 0 aliphatic heterocycles. The number of alkyl halides is 3. The maximum Gasteiger partial charge on any atom is 0.416 e. The molecule has 1 nitrogen and oxygen atoms in total. The van der Waals surface area contributed by atoms with E-state index in [1.807, 2.05) is 0 Å². The lowest BCUT2D eigenvalue weighted by Gasteiger charge is -2.07. The molecule has 0 heterocycles. The molecule has 0 N–H and O–H groups in total. The second-order valence-electron chi connectivity index (χ2n) is 2.84. The minimum absolute atomic E-state index is 0.431. The summed E-state index contributed by atoms with van der Waals surface area (Å²) in [5.41, 5.74) is 0.00456. The van der Waals surface area contributed by atoms with Gasteiger partial charge in [0.05, 0.1) is 5.56 Å². The fourth-order valence-corrected chi connectivity index (χ4v) is 1.07. The van der Waals surface area contributed by atoms with Gasteiger partial charge in [0.25, 0.3) is 0 Å². The molecule has 0 aliphatic rings. The van der Waals surface area contributed by atoms with Crippen LogP contribution >= 0.6 is 0 Å². The van der Waals surface area contributed by atoms with E-state index in [1.54, 1.807) is 19.3 Å². The first-order valence-electron chi connectivity index (χ1n) is 4.11. The molecule has 0 bridgehead atoms. The van der Waals surface area contributed by atoms with Crippen LogP contribution in [-0.4, -0.2) is 13.3 Å². The SMILES string of the molecule is CN=CCc1cccc(C(F)(F)F)c1. The summed E-state index contributed by atoms with van der Waals surface area (Å²) in [6.07, 6.45) is -2.25. The van der Waals surface area contributed by atoms with Crippen molar-refractivity contribution in [2.75, 3.05) is 7.05 Å². The van der Waals surface area contributed by atoms with Crippen LogP contribution < -0.4 is 0 Å². The summed E-state index contributed by atoms with van der Waals surface area (Å²) in [6, 6.07) is 5.26. The third-order valence-corrected chi connectivity index (χ3v) is 1.76. The Morgan fingerprint density at radius 2 is 2.07 bits per heavy atom. The van der Waals surface area contributed by atoms with Gasteiger partial charge in [-0.1, -0.05) is 18.2 Å². The average molecular weight is 201 g/mol. The van der Waals surface area contributed by atoms with E-state index in [4.69, 9.17) is 0 Å². The van der Waals surface area contributed by atoms with Crippen molar-refractivity contribution < 1.29 is 13.2 Å². The normalized spacial score (nSPS) is 12.3. The van der Waals surface area contributed by atoms with Crippen molar-refractivity contribution in [3.63, 3.8) is 0 Å². The van der Waals surface area contributed by atoms with Gasteiger partial charge in [-0.05, 0) is 11.6 Å². The molecule has 0 fully saturated rings. The first kappa shape index (κ1) is 10.8. The van der Waals surface area contributed by atoms with Gasteiger partial charge >= 0.3 is 6.18 Å². The van der Waals surface area contributed by atoms with Crippen molar-refractivity contribution in [1.82, 2.24) is 0 Å². The van der Waals surface area contributed by atoms with E-state index in [-0.39, 0.29) is 0 Å². The van der Waals surface area contributed by atoms with Crippen LogP contribution in [0, 0.1) is 0 Å². The van der Waals surface area contributed by atoms with Gasteiger partial charge in [0.1, 0.15) is 0 Å².